The van der Waals surface area contributed by atoms with Crippen LogP contribution in [0.4, 0.5) is 11.4 Å². The van der Waals surface area contributed by atoms with Gasteiger partial charge in [-0.1, -0.05) is 11.6 Å². The highest BCUT2D eigenvalue weighted by Crippen LogP contribution is 2.26. The van der Waals surface area contributed by atoms with Crippen LogP contribution in [0, 0.1) is 10.1 Å². The number of benzene rings is 1. The maximum absolute atomic E-state index is 12.4. The predicted octanol–water partition coefficient (Wildman–Crippen LogP) is 0.634. The lowest BCUT2D eigenvalue weighted by atomic mass is 10.2. The predicted molar refractivity (Wildman–Crippen MR) is 97.0 cm³/mol. The fourth-order valence-corrected chi connectivity index (χ4v) is 2.75. The Morgan fingerprint density at radius 3 is 2.67 bits per heavy atom. The molecule has 0 saturated carbocycles. The molecule has 0 aliphatic rings. The summed E-state index contributed by atoms with van der Waals surface area (Å²) in [6.45, 7) is -0.303. The van der Waals surface area contributed by atoms with Crippen LogP contribution in [0.3, 0.4) is 0 Å². The van der Waals surface area contributed by atoms with E-state index in [2.05, 4.69) is 10.3 Å². The van der Waals surface area contributed by atoms with Gasteiger partial charge in [-0.3, -0.25) is 28.8 Å². The van der Waals surface area contributed by atoms with Gasteiger partial charge in [0.25, 0.3) is 11.2 Å². The molecule has 0 radical (unpaired) electrons. The van der Waals surface area contributed by atoms with Crippen molar-refractivity contribution in [3.8, 4) is 0 Å². The van der Waals surface area contributed by atoms with Crippen molar-refractivity contribution in [1.29, 1.82) is 0 Å². The molecule has 1 amide bonds. The van der Waals surface area contributed by atoms with Gasteiger partial charge in [0.1, 0.15) is 6.54 Å². The summed E-state index contributed by atoms with van der Waals surface area (Å²) < 4.78 is 3.40. The molecule has 140 valence electrons. The highest BCUT2D eigenvalue weighted by atomic mass is 35.5. The van der Waals surface area contributed by atoms with Gasteiger partial charge >= 0.3 is 5.69 Å². The van der Waals surface area contributed by atoms with Gasteiger partial charge in [-0.15, -0.1) is 0 Å². The molecule has 0 atom stereocenters. The molecule has 0 saturated heterocycles. The highest BCUT2D eigenvalue weighted by Gasteiger charge is 2.17. The Morgan fingerprint density at radius 1 is 1.30 bits per heavy atom. The number of hydrogen-bond donors (Lipinski definition) is 1. The van der Waals surface area contributed by atoms with Crippen LogP contribution in [-0.2, 0) is 25.4 Å². The Hall–Kier alpha value is -3.47. The normalized spacial score (nSPS) is 10.9. The van der Waals surface area contributed by atoms with E-state index in [1.165, 1.54) is 41.7 Å². The first-order chi connectivity index (χ1) is 12.7. The summed E-state index contributed by atoms with van der Waals surface area (Å²) in [5.41, 5.74) is -1.06. The lowest BCUT2D eigenvalue weighted by Gasteiger charge is -2.09. The number of amides is 1. The maximum Gasteiger partial charge on any atom is 0.332 e. The maximum atomic E-state index is 12.4. The van der Waals surface area contributed by atoms with Gasteiger partial charge in [0, 0.05) is 26.2 Å². The van der Waals surface area contributed by atoms with Crippen molar-refractivity contribution in [2.75, 3.05) is 5.32 Å². The number of carbonyl (C=O) groups excluding carboxylic acids is 1. The number of fused-ring (bicyclic) bond motifs is 1. The van der Waals surface area contributed by atoms with Crippen molar-refractivity contribution >= 4 is 40.0 Å². The van der Waals surface area contributed by atoms with E-state index in [4.69, 9.17) is 11.6 Å². The largest absolute Gasteiger partial charge is 0.332 e. The van der Waals surface area contributed by atoms with Crippen LogP contribution in [-0.4, -0.2) is 29.5 Å². The van der Waals surface area contributed by atoms with Gasteiger partial charge in [0.2, 0.25) is 5.91 Å². The van der Waals surface area contributed by atoms with Gasteiger partial charge in [-0.05, 0) is 6.07 Å². The molecule has 1 aromatic carbocycles. The fraction of sp³-hybridized carbons (Fsp3) is 0.200. The van der Waals surface area contributed by atoms with E-state index in [0.29, 0.717) is 0 Å². The first-order valence-electron chi connectivity index (χ1n) is 7.55. The van der Waals surface area contributed by atoms with Crippen molar-refractivity contribution in [2.24, 2.45) is 14.1 Å². The number of anilines is 1. The Kier molecular flexibility index (Phi) is 4.54. The molecule has 0 aliphatic heterocycles. The molecular formula is C15H13ClN6O5. The molecule has 27 heavy (non-hydrogen) atoms. The van der Waals surface area contributed by atoms with E-state index in [9.17, 15) is 24.5 Å². The van der Waals surface area contributed by atoms with E-state index in [0.717, 1.165) is 10.6 Å². The molecule has 2 aromatic heterocycles. The summed E-state index contributed by atoms with van der Waals surface area (Å²) in [6, 6.07) is 3.65. The molecule has 0 aliphatic carbocycles. The zero-order valence-electron chi connectivity index (χ0n) is 14.2. The standard InChI is InChI=1S/C15H13ClN6O5/c1-19-13-12(14(24)20(2)15(19)25)21(7-17-13)6-11(23)18-10-5-8(22(26)27)3-4-9(10)16/h3-5,7H,6H2,1-2H3,(H,18,23). The number of hydrogen-bond acceptors (Lipinski definition) is 6. The average molecular weight is 393 g/mol. The zero-order chi connectivity index (χ0) is 19.9. The van der Waals surface area contributed by atoms with E-state index in [1.54, 1.807) is 0 Å². The molecule has 12 heteroatoms. The number of imidazole rings is 1. The van der Waals surface area contributed by atoms with Crippen LogP contribution >= 0.6 is 11.6 Å². The monoisotopic (exact) mass is 392 g/mol. The third-order valence-electron chi connectivity index (χ3n) is 3.97. The summed E-state index contributed by atoms with van der Waals surface area (Å²) in [5.74, 6) is -0.576. The van der Waals surface area contributed by atoms with Crippen molar-refractivity contribution in [3.63, 3.8) is 0 Å². The Morgan fingerprint density at radius 2 is 2.00 bits per heavy atom. The second-order valence-electron chi connectivity index (χ2n) is 5.72. The van der Waals surface area contributed by atoms with Crippen molar-refractivity contribution in [2.45, 2.75) is 6.54 Å². The Balaban J connectivity index is 1.94. The van der Waals surface area contributed by atoms with Gasteiger partial charge < -0.3 is 9.88 Å². The van der Waals surface area contributed by atoms with E-state index in [1.807, 2.05) is 0 Å². The number of nitrogens with one attached hydrogen (secondary N) is 1. The van der Waals surface area contributed by atoms with Crippen LogP contribution in [0.25, 0.3) is 11.2 Å². The lowest BCUT2D eigenvalue weighted by Crippen LogP contribution is -2.37. The third-order valence-corrected chi connectivity index (χ3v) is 4.30. The zero-order valence-corrected chi connectivity index (χ0v) is 14.9. The molecule has 1 N–H and O–H groups in total. The minimum Gasteiger partial charge on any atom is -0.323 e. The van der Waals surface area contributed by atoms with Crippen LogP contribution in [0.15, 0.2) is 34.1 Å². The van der Waals surface area contributed by atoms with E-state index >= 15 is 0 Å². The number of aromatic nitrogens is 4. The molecule has 11 nitrogen and oxygen atoms in total. The highest BCUT2D eigenvalue weighted by molar-refractivity contribution is 6.33. The lowest BCUT2D eigenvalue weighted by molar-refractivity contribution is -0.384. The molecule has 0 fully saturated rings. The molecule has 3 aromatic rings. The third kappa shape index (κ3) is 3.19. The number of nitro benzene ring substituents is 1. The number of non-ortho nitro benzene ring substituents is 1. The smallest absolute Gasteiger partial charge is 0.323 e. The fourth-order valence-electron chi connectivity index (χ4n) is 2.58. The number of aryl methyl sites for hydroxylation is 1. The minimum absolute atomic E-state index is 0.0700. The average Bonchev–Trinajstić information content (AvgIpc) is 3.03. The summed E-state index contributed by atoms with van der Waals surface area (Å²) >= 11 is 5.96. The topological polar surface area (TPSA) is 134 Å². The number of rotatable bonds is 4. The second-order valence-corrected chi connectivity index (χ2v) is 6.13. The first-order valence-corrected chi connectivity index (χ1v) is 7.93. The van der Waals surface area contributed by atoms with Crippen LogP contribution in [0.5, 0.6) is 0 Å². The Bertz CT molecular complexity index is 1210. The van der Waals surface area contributed by atoms with Crippen molar-refractivity contribution in [1.82, 2.24) is 18.7 Å². The number of nitrogens with zero attached hydrogens (tertiary/aromatic N) is 5. The summed E-state index contributed by atoms with van der Waals surface area (Å²) in [4.78, 5) is 50.9. The molecule has 0 unspecified atom stereocenters. The molecule has 3 rings (SSSR count). The van der Waals surface area contributed by atoms with Gasteiger partial charge in [0.15, 0.2) is 11.2 Å². The first kappa shape index (κ1) is 18.3. The molecule has 0 bridgehead atoms. The van der Waals surface area contributed by atoms with Gasteiger partial charge in [-0.25, -0.2) is 9.78 Å². The number of halogens is 1. The summed E-state index contributed by atoms with van der Waals surface area (Å²) in [6.07, 6.45) is 1.26. The SMILES string of the molecule is Cn1c(=O)c2c(ncn2CC(=O)Nc2cc([N+](=O)[O-])ccc2Cl)n(C)c1=O. The van der Waals surface area contributed by atoms with E-state index in [-0.39, 0.29) is 34.1 Å². The summed E-state index contributed by atoms with van der Waals surface area (Å²) in [5, 5.41) is 13.4. The summed E-state index contributed by atoms with van der Waals surface area (Å²) in [7, 11) is 2.79. The van der Waals surface area contributed by atoms with Crippen LogP contribution < -0.4 is 16.6 Å². The molecule has 0 spiro atoms. The van der Waals surface area contributed by atoms with E-state index < -0.39 is 22.1 Å². The van der Waals surface area contributed by atoms with Crippen LogP contribution in [0.1, 0.15) is 0 Å². The van der Waals surface area contributed by atoms with Crippen molar-refractivity contribution < 1.29 is 9.72 Å². The number of nitro groups is 1. The van der Waals surface area contributed by atoms with Gasteiger partial charge in [0.05, 0.1) is 22.0 Å². The Labute approximate surface area is 155 Å². The molecule has 2 heterocycles. The van der Waals surface area contributed by atoms with Crippen LogP contribution in [0.2, 0.25) is 5.02 Å². The second kappa shape index (κ2) is 6.68. The van der Waals surface area contributed by atoms with Gasteiger partial charge in [-0.2, -0.15) is 0 Å². The molecular weight excluding hydrogens is 380 g/mol. The minimum atomic E-state index is -0.612. The van der Waals surface area contributed by atoms with Crippen molar-refractivity contribution in [3.05, 3.63) is 60.5 Å². The quantitative estimate of drug-likeness (QED) is 0.511. The number of carbonyl (C=O) groups is 1.